The smallest absolute Gasteiger partial charge is 0.0594 e. The van der Waals surface area contributed by atoms with Crippen molar-refractivity contribution in [2.24, 2.45) is 5.10 Å². The van der Waals surface area contributed by atoms with Crippen LogP contribution >= 0.6 is 11.8 Å². The molecule has 3 nitrogen and oxygen atoms in total. The van der Waals surface area contributed by atoms with Gasteiger partial charge in [-0.15, -0.1) is 11.8 Å². The predicted octanol–water partition coefficient (Wildman–Crippen LogP) is 8.02. The molecule has 34 heavy (non-hydrogen) atoms. The summed E-state index contributed by atoms with van der Waals surface area (Å²) in [5.74, 6) is 0. The summed E-state index contributed by atoms with van der Waals surface area (Å²) >= 11 is 1.89. The average molecular weight is 462 g/mol. The van der Waals surface area contributed by atoms with Crippen LogP contribution in [0.2, 0.25) is 0 Å². The van der Waals surface area contributed by atoms with Crippen molar-refractivity contribution in [3.8, 4) is 0 Å². The van der Waals surface area contributed by atoms with Crippen molar-refractivity contribution in [1.29, 1.82) is 0 Å². The highest BCUT2D eigenvalue weighted by molar-refractivity contribution is 8.03. The molecule has 4 heteroatoms. The van der Waals surface area contributed by atoms with Crippen LogP contribution in [0, 0.1) is 0 Å². The molecule has 0 aromatic heterocycles. The van der Waals surface area contributed by atoms with E-state index in [9.17, 15) is 0 Å². The minimum absolute atomic E-state index is 0.532. The topological polar surface area (TPSA) is 18.8 Å². The second-order valence-corrected chi connectivity index (χ2v) is 9.34. The lowest BCUT2D eigenvalue weighted by Gasteiger charge is -2.25. The molecule has 1 aliphatic heterocycles. The summed E-state index contributed by atoms with van der Waals surface area (Å²) in [5.41, 5.74) is 5.56. The monoisotopic (exact) mass is 461 g/mol. The molecule has 0 radical (unpaired) electrons. The largest absolute Gasteiger partial charge is 0.311 e. The van der Waals surface area contributed by atoms with E-state index in [2.05, 4.69) is 118 Å². The highest BCUT2D eigenvalue weighted by Crippen LogP contribution is 2.34. The number of nitrogens with zero attached hydrogens (tertiary/aromatic N) is 3. The fourth-order valence-electron chi connectivity index (χ4n) is 4.01. The summed E-state index contributed by atoms with van der Waals surface area (Å²) in [6.07, 6.45) is 5.29. The van der Waals surface area contributed by atoms with Crippen molar-refractivity contribution in [1.82, 2.24) is 0 Å². The zero-order chi connectivity index (χ0) is 23.0. The molecule has 0 saturated heterocycles. The number of benzene rings is 4. The number of anilines is 4. The van der Waals surface area contributed by atoms with E-state index in [1.807, 2.05) is 36.2 Å². The summed E-state index contributed by atoms with van der Waals surface area (Å²) in [7, 11) is 0. The second kappa shape index (κ2) is 10.9. The molecule has 4 aromatic rings. The molecule has 0 N–H and O–H groups in total. The Morgan fingerprint density at radius 3 is 1.74 bits per heavy atom. The van der Waals surface area contributed by atoms with Gasteiger partial charge in [0.2, 0.25) is 0 Å². The molecule has 1 atom stereocenters. The molecular weight excluding hydrogens is 434 g/mol. The van der Waals surface area contributed by atoms with Gasteiger partial charge < -0.3 is 4.90 Å². The molecule has 1 aliphatic rings. The van der Waals surface area contributed by atoms with E-state index in [0.717, 1.165) is 41.3 Å². The van der Waals surface area contributed by atoms with Crippen molar-refractivity contribution < 1.29 is 0 Å². The Balaban J connectivity index is 1.38. The van der Waals surface area contributed by atoms with Crippen LogP contribution < -0.4 is 9.91 Å². The predicted molar refractivity (Wildman–Crippen MR) is 148 cm³/mol. The molecule has 0 saturated carbocycles. The average Bonchev–Trinajstić information content (AvgIpc) is 3.43. The van der Waals surface area contributed by atoms with E-state index < -0.39 is 0 Å². The Morgan fingerprint density at radius 2 is 1.21 bits per heavy atom. The van der Waals surface area contributed by atoms with Crippen LogP contribution in [0.4, 0.5) is 22.7 Å². The Bertz CT molecular complexity index is 1180. The Morgan fingerprint density at radius 1 is 0.676 bits per heavy atom. The van der Waals surface area contributed by atoms with Gasteiger partial charge in [0, 0.05) is 22.3 Å². The zero-order valence-electron chi connectivity index (χ0n) is 18.9. The van der Waals surface area contributed by atoms with E-state index in [4.69, 9.17) is 5.10 Å². The van der Waals surface area contributed by atoms with Crippen LogP contribution in [0.5, 0.6) is 0 Å². The van der Waals surface area contributed by atoms with Gasteiger partial charge in [-0.25, -0.2) is 0 Å². The van der Waals surface area contributed by atoms with E-state index in [1.165, 1.54) is 0 Å². The lowest BCUT2D eigenvalue weighted by atomic mass is 10.1. The SMILES string of the molecule is C1=CSC(CN(/N=C/c2ccc(N(c3ccccc3)c3ccccc3)cc2)c2ccccc2)C1. The molecule has 0 fully saturated rings. The van der Waals surface area contributed by atoms with Crippen LogP contribution in [-0.4, -0.2) is 18.0 Å². The molecular formula is C30H27N3S. The van der Waals surface area contributed by atoms with Crippen molar-refractivity contribution in [3.05, 3.63) is 132 Å². The van der Waals surface area contributed by atoms with Gasteiger partial charge >= 0.3 is 0 Å². The highest BCUT2D eigenvalue weighted by Gasteiger charge is 2.16. The maximum atomic E-state index is 4.87. The fraction of sp³-hybridized carbons (Fsp3) is 0.100. The molecule has 1 heterocycles. The lowest BCUT2D eigenvalue weighted by Crippen LogP contribution is -2.25. The summed E-state index contributed by atoms with van der Waals surface area (Å²) < 4.78 is 0. The third-order valence-electron chi connectivity index (χ3n) is 5.72. The first-order valence-corrected chi connectivity index (χ1v) is 12.5. The van der Waals surface area contributed by atoms with Crippen molar-refractivity contribution in [3.63, 3.8) is 0 Å². The van der Waals surface area contributed by atoms with Gasteiger partial charge in [-0.3, -0.25) is 5.01 Å². The summed E-state index contributed by atoms with van der Waals surface area (Å²) in [4.78, 5) is 2.27. The fourth-order valence-corrected chi connectivity index (χ4v) is 4.90. The molecule has 4 aromatic carbocycles. The van der Waals surface area contributed by atoms with Crippen LogP contribution in [0.25, 0.3) is 0 Å². The standard InChI is InChI=1S/C30H27N3S/c1-4-11-26(12-5-1)32(24-30-17-10-22-34-30)31-23-25-18-20-29(21-19-25)33(27-13-6-2-7-14-27)28-15-8-3-9-16-28/h1-16,18-23,30H,17,24H2/b31-23+. The Labute approximate surface area is 206 Å². The van der Waals surface area contributed by atoms with Crippen molar-refractivity contribution >= 4 is 40.7 Å². The van der Waals surface area contributed by atoms with E-state index >= 15 is 0 Å². The number of hydrogen-bond donors (Lipinski definition) is 0. The molecule has 0 aliphatic carbocycles. The van der Waals surface area contributed by atoms with Crippen LogP contribution in [0.15, 0.2) is 132 Å². The number of para-hydroxylation sites is 3. The van der Waals surface area contributed by atoms with Crippen LogP contribution in [-0.2, 0) is 0 Å². The quantitative estimate of drug-likeness (QED) is 0.196. The third kappa shape index (κ3) is 5.41. The van der Waals surface area contributed by atoms with Crippen LogP contribution in [0.3, 0.4) is 0 Å². The third-order valence-corrected chi connectivity index (χ3v) is 6.80. The summed E-state index contributed by atoms with van der Waals surface area (Å²) in [6.45, 7) is 0.881. The van der Waals surface area contributed by atoms with Gasteiger partial charge in [-0.1, -0.05) is 72.8 Å². The van der Waals surface area contributed by atoms with Crippen molar-refractivity contribution in [2.45, 2.75) is 11.7 Å². The van der Waals surface area contributed by atoms with E-state index in [1.54, 1.807) is 0 Å². The Hall–Kier alpha value is -3.76. The number of thioether (sulfide) groups is 1. The number of rotatable bonds is 8. The minimum atomic E-state index is 0.532. The normalized spacial score (nSPS) is 15.0. The number of allylic oxidation sites excluding steroid dienone is 1. The molecule has 1 unspecified atom stereocenters. The van der Waals surface area contributed by atoms with Crippen LogP contribution in [0.1, 0.15) is 12.0 Å². The maximum Gasteiger partial charge on any atom is 0.0594 e. The van der Waals surface area contributed by atoms with Gasteiger partial charge in [-0.2, -0.15) is 5.10 Å². The molecule has 0 spiro atoms. The minimum Gasteiger partial charge on any atom is -0.311 e. The Kier molecular flexibility index (Phi) is 7.07. The van der Waals surface area contributed by atoms with Crippen molar-refractivity contribution in [2.75, 3.05) is 16.5 Å². The summed E-state index contributed by atoms with van der Waals surface area (Å²) in [6, 6.07) is 39.9. The zero-order valence-corrected chi connectivity index (χ0v) is 19.8. The first-order valence-electron chi connectivity index (χ1n) is 11.5. The summed E-state index contributed by atoms with van der Waals surface area (Å²) in [5, 5.41) is 9.71. The second-order valence-electron chi connectivity index (χ2n) is 8.13. The molecule has 168 valence electrons. The van der Waals surface area contributed by atoms with Gasteiger partial charge in [0.25, 0.3) is 0 Å². The molecule has 0 amide bonds. The van der Waals surface area contributed by atoms with E-state index in [0.29, 0.717) is 5.25 Å². The molecule has 5 rings (SSSR count). The van der Waals surface area contributed by atoms with Gasteiger partial charge in [-0.05, 0) is 65.9 Å². The van der Waals surface area contributed by atoms with Gasteiger partial charge in [0.15, 0.2) is 0 Å². The maximum absolute atomic E-state index is 4.87. The number of hydrogen-bond acceptors (Lipinski definition) is 4. The highest BCUT2D eigenvalue weighted by atomic mass is 32.2. The first kappa shape index (κ1) is 22.1. The number of hydrazone groups is 1. The lowest BCUT2D eigenvalue weighted by molar-refractivity contribution is 0.791. The first-order chi connectivity index (χ1) is 16.9. The van der Waals surface area contributed by atoms with E-state index in [-0.39, 0.29) is 0 Å². The van der Waals surface area contributed by atoms with Gasteiger partial charge in [0.1, 0.15) is 0 Å². The van der Waals surface area contributed by atoms with Gasteiger partial charge in [0.05, 0.1) is 18.4 Å². The molecule has 0 bridgehead atoms.